The van der Waals surface area contributed by atoms with Crippen molar-refractivity contribution in [2.75, 3.05) is 13.7 Å². The third-order valence-electron chi connectivity index (χ3n) is 2.90. The molecule has 0 heterocycles. The highest BCUT2D eigenvalue weighted by Gasteiger charge is 2.32. The summed E-state index contributed by atoms with van der Waals surface area (Å²) in [5, 5.41) is 0. The number of benzene rings is 1. The molecule has 23 heavy (non-hydrogen) atoms. The van der Waals surface area contributed by atoms with Crippen LogP contribution in [0.3, 0.4) is 0 Å². The molecule has 0 radical (unpaired) electrons. The highest BCUT2D eigenvalue weighted by molar-refractivity contribution is 6.11. The van der Waals surface area contributed by atoms with Crippen LogP contribution in [0, 0.1) is 0 Å². The number of alkyl halides is 3. The number of rotatable bonds is 7. The quantitative estimate of drug-likeness (QED) is 0.296. The van der Waals surface area contributed by atoms with Crippen LogP contribution in [0.2, 0.25) is 0 Å². The molecule has 0 atom stereocenters. The molecule has 1 aromatic carbocycles. The van der Waals surface area contributed by atoms with Gasteiger partial charge in [0.15, 0.2) is 0 Å². The molecule has 0 bridgehead atoms. The smallest absolute Gasteiger partial charge is 0.416 e. The average molecular weight is 323 g/mol. The first-order valence-corrected chi connectivity index (χ1v) is 7.19. The maximum atomic E-state index is 13.1. The van der Waals surface area contributed by atoms with E-state index in [4.69, 9.17) is 4.74 Å². The van der Waals surface area contributed by atoms with Crippen molar-refractivity contribution >= 4 is 5.71 Å². The Balaban J connectivity index is 3.34. The lowest BCUT2D eigenvalue weighted by atomic mass is 10.1. The molecular weight excluding hydrogens is 303 g/mol. The summed E-state index contributed by atoms with van der Waals surface area (Å²) in [5.74, 6) is 0.0654. The van der Waals surface area contributed by atoms with Crippen molar-refractivity contribution in [2.24, 2.45) is 4.99 Å². The van der Waals surface area contributed by atoms with E-state index in [0.29, 0.717) is 11.3 Å². The van der Waals surface area contributed by atoms with Crippen LogP contribution in [-0.2, 0) is 4.74 Å². The topological polar surface area (TPSA) is 21.6 Å². The van der Waals surface area contributed by atoms with Gasteiger partial charge >= 0.3 is 6.18 Å². The highest BCUT2D eigenvalue weighted by atomic mass is 19.4. The Hall–Kier alpha value is -2.30. The molecule has 1 rings (SSSR count). The van der Waals surface area contributed by atoms with Crippen LogP contribution in [0.4, 0.5) is 13.2 Å². The van der Waals surface area contributed by atoms with E-state index in [-0.39, 0.29) is 18.8 Å². The summed E-state index contributed by atoms with van der Waals surface area (Å²) >= 11 is 0. The van der Waals surface area contributed by atoms with Crippen molar-refractivity contribution < 1.29 is 17.9 Å². The lowest BCUT2D eigenvalue weighted by Gasteiger charge is -2.14. The molecule has 0 aromatic heterocycles. The van der Waals surface area contributed by atoms with E-state index < -0.39 is 11.7 Å². The Bertz CT molecular complexity index is 598. The molecule has 124 valence electrons. The molecule has 0 amide bonds. The molecule has 0 unspecified atom stereocenters. The van der Waals surface area contributed by atoms with Gasteiger partial charge in [-0.25, -0.2) is 0 Å². The van der Waals surface area contributed by atoms with Crippen molar-refractivity contribution in [2.45, 2.75) is 19.5 Å². The molecule has 2 nitrogen and oxygen atoms in total. The van der Waals surface area contributed by atoms with Crippen molar-refractivity contribution in [3.05, 3.63) is 72.0 Å². The van der Waals surface area contributed by atoms with Gasteiger partial charge in [-0.3, -0.25) is 4.99 Å². The predicted molar refractivity (Wildman–Crippen MR) is 87.6 cm³/mol. The second kappa shape index (κ2) is 8.98. The third kappa shape index (κ3) is 5.77. The number of halogens is 3. The maximum absolute atomic E-state index is 13.1. The number of nitrogens with zero attached hydrogens (tertiary/aromatic N) is 1. The van der Waals surface area contributed by atoms with Gasteiger partial charge in [-0.1, -0.05) is 56.0 Å². The van der Waals surface area contributed by atoms with Gasteiger partial charge in [0.2, 0.25) is 0 Å². The van der Waals surface area contributed by atoms with Crippen molar-refractivity contribution in [1.29, 1.82) is 0 Å². The van der Waals surface area contributed by atoms with Gasteiger partial charge in [0.05, 0.1) is 5.57 Å². The van der Waals surface area contributed by atoms with Gasteiger partial charge in [-0.05, 0) is 12.5 Å². The number of allylic oxidation sites excluding steroid dienone is 4. The van der Waals surface area contributed by atoms with Gasteiger partial charge in [0.1, 0.15) is 18.1 Å². The molecular formula is C18H20F3NO. The Morgan fingerprint density at radius 3 is 2.39 bits per heavy atom. The zero-order valence-corrected chi connectivity index (χ0v) is 13.2. The molecule has 0 aliphatic carbocycles. The summed E-state index contributed by atoms with van der Waals surface area (Å²) < 4.78 is 44.8. The third-order valence-corrected chi connectivity index (χ3v) is 2.90. The van der Waals surface area contributed by atoms with E-state index in [0.717, 1.165) is 12.2 Å². The standard InChI is InChI=1S/C18H20F3NO/c1-4-9-15(18(19,20)21)13-16(23-12-5-2)17(22-3)14-10-7-6-8-11-14/h5-11,13H,2,4,12H2,1,3H3/b15-9-,16-13+,22-17-. The SMILES string of the molecule is C=CCOC(=C/C(=C/CC)C(F)(F)F)/C(=N\C)c1ccccc1. The molecule has 0 saturated carbocycles. The fourth-order valence-corrected chi connectivity index (χ4v) is 1.92. The largest absolute Gasteiger partial charge is 0.487 e. The minimum Gasteiger partial charge on any atom is -0.487 e. The highest BCUT2D eigenvalue weighted by Crippen LogP contribution is 2.29. The predicted octanol–water partition coefficient (Wildman–Crippen LogP) is 5.09. The minimum absolute atomic E-state index is 0.0654. The first-order valence-electron chi connectivity index (χ1n) is 7.19. The molecule has 5 heteroatoms. The van der Waals surface area contributed by atoms with Crippen molar-refractivity contribution in [3.63, 3.8) is 0 Å². The Morgan fingerprint density at radius 2 is 1.91 bits per heavy atom. The number of hydrogen-bond donors (Lipinski definition) is 0. The van der Waals surface area contributed by atoms with Gasteiger partial charge in [-0.2, -0.15) is 13.2 Å². The fraction of sp³-hybridized carbons (Fsp3) is 0.278. The second-order valence-corrected chi connectivity index (χ2v) is 4.61. The number of ether oxygens (including phenoxy) is 1. The molecule has 0 saturated heterocycles. The molecule has 0 fully saturated rings. The minimum atomic E-state index is -4.45. The average Bonchev–Trinajstić information content (AvgIpc) is 2.52. The van der Waals surface area contributed by atoms with Crippen LogP contribution in [0.25, 0.3) is 0 Å². The van der Waals surface area contributed by atoms with Crippen LogP contribution < -0.4 is 0 Å². The summed E-state index contributed by atoms with van der Waals surface area (Å²) in [7, 11) is 1.52. The first-order chi connectivity index (χ1) is 10.9. The normalized spacial score (nSPS) is 13.9. The summed E-state index contributed by atoms with van der Waals surface area (Å²) in [6.07, 6.45) is -0.598. The van der Waals surface area contributed by atoms with Gasteiger partial charge < -0.3 is 4.74 Å². The summed E-state index contributed by atoms with van der Waals surface area (Å²) in [6, 6.07) is 8.94. The van der Waals surface area contributed by atoms with Gasteiger partial charge in [-0.15, -0.1) is 0 Å². The van der Waals surface area contributed by atoms with E-state index >= 15 is 0 Å². The van der Waals surface area contributed by atoms with Crippen molar-refractivity contribution in [3.8, 4) is 0 Å². The lowest BCUT2D eigenvalue weighted by molar-refractivity contribution is -0.0886. The molecule has 1 aromatic rings. The van der Waals surface area contributed by atoms with Gasteiger partial charge in [0.25, 0.3) is 0 Å². The Kier molecular flexibility index (Phi) is 7.32. The summed E-state index contributed by atoms with van der Waals surface area (Å²) in [4.78, 5) is 4.10. The summed E-state index contributed by atoms with van der Waals surface area (Å²) in [6.45, 7) is 5.27. The number of aliphatic imine (C=N–C) groups is 1. The summed E-state index contributed by atoms with van der Waals surface area (Å²) in [5.41, 5.74) is 0.290. The van der Waals surface area contributed by atoms with Crippen molar-refractivity contribution in [1.82, 2.24) is 0 Å². The van der Waals surface area contributed by atoms with E-state index in [9.17, 15) is 13.2 Å². The monoisotopic (exact) mass is 323 g/mol. The Labute approximate surface area is 134 Å². The fourth-order valence-electron chi connectivity index (χ4n) is 1.92. The Morgan fingerprint density at radius 1 is 1.26 bits per heavy atom. The lowest BCUT2D eigenvalue weighted by Crippen LogP contribution is -2.14. The zero-order valence-electron chi connectivity index (χ0n) is 13.2. The molecule has 0 spiro atoms. The van der Waals surface area contributed by atoms with Crippen LogP contribution in [0.15, 0.2) is 71.5 Å². The number of hydrogen-bond acceptors (Lipinski definition) is 2. The zero-order chi connectivity index (χ0) is 17.3. The van der Waals surface area contributed by atoms with E-state index in [1.165, 1.54) is 13.1 Å². The van der Waals surface area contributed by atoms with Crippen LogP contribution in [0.1, 0.15) is 18.9 Å². The van der Waals surface area contributed by atoms with Gasteiger partial charge in [0, 0.05) is 12.6 Å². The molecule has 0 aliphatic rings. The van der Waals surface area contributed by atoms with E-state index in [2.05, 4.69) is 11.6 Å². The molecule has 0 N–H and O–H groups in total. The maximum Gasteiger partial charge on any atom is 0.416 e. The molecule has 0 aliphatic heterocycles. The van der Waals surface area contributed by atoms with Crippen LogP contribution in [-0.4, -0.2) is 25.5 Å². The van der Waals surface area contributed by atoms with Crippen LogP contribution >= 0.6 is 0 Å². The van der Waals surface area contributed by atoms with Crippen LogP contribution in [0.5, 0.6) is 0 Å². The second-order valence-electron chi connectivity index (χ2n) is 4.61. The first kappa shape index (κ1) is 18.7. The van der Waals surface area contributed by atoms with E-state index in [1.54, 1.807) is 31.2 Å². The van der Waals surface area contributed by atoms with E-state index in [1.807, 2.05) is 6.07 Å².